The average Bonchev–Trinajstić information content (AvgIpc) is 3.32. The van der Waals surface area contributed by atoms with Crippen molar-refractivity contribution in [2.45, 2.75) is 25.8 Å². The van der Waals surface area contributed by atoms with E-state index >= 15 is 0 Å². The number of nitrogens with one attached hydrogen (secondary N) is 3. The molecule has 148 valence electrons. The number of aromatic nitrogens is 4. The predicted octanol–water partition coefficient (Wildman–Crippen LogP) is 1.62. The van der Waals surface area contributed by atoms with Crippen molar-refractivity contribution in [2.24, 2.45) is 0 Å². The third kappa shape index (κ3) is 4.11. The SMILES string of the molecule is CC(=O)NC(Cc1c[nH]c2ccccc12)C(=O)NCCc1nnc2ccccn12. The molecule has 0 radical (unpaired) electrons. The summed E-state index contributed by atoms with van der Waals surface area (Å²) in [5.41, 5.74) is 2.76. The van der Waals surface area contributed by atoms with Crippen LogP contribution in [0.5, 0.6) is 0 Å². The van der Waals surface area contributed by atoms with Crippen LogP contribution in [0.4, 0.5) is 0 Å². The molecule has 0 fully saturated rings. The minimum Gasteiger partial charge on any atom is -0.361 e. The zero-order chi connectivity index (χ0) is 20.2. The molecule has 4 aromatic rings. The molecule has 1 aromatic carbocycles. The van der Waals surface area contributed by atoms with E-state index in [1.54, 1.807) is 0 Å². The van der Waals surface area contributed by atoms with Crippen molar-refractivity contribution in [2.75, 3.05) is 6.54 Å². The molecule has 4 rings (SSSR count). The molecule has 3 aromatic heterocycles. The summed E-state index contributed by atoms with van der Waals surface area (Å²) in [5, 5.41) is 15.0. The number of fused-ring (bicyclic) bond motifs is 2. The third-order valence-corrected chi connectivity index (χ3v) is 4.83. The monoisotopic (exact) mass is 390 g/mol. The fraction of sp³-hybridized carbons (Fsp3) is 0.238. The number of nitrogens with zero attached hydrogens (tertiary/aromatic N) is 3. The Labute approximate surface area is 167 Å². The number of rotatable bonds is 7. The fourth-order valence-electron chi connectivity index (χ4n) is 3.46. The Morgan fingerprint density at radius 1 is 1.14 bits per heavy atom. The zero-order valence-electron chi connectivity index (χ0n) is 16.1. The Kier molecular flexibility index (Phi) is 5.24. The van der Waals surface area contributed by atoms with Gasteiger partial charge in [0.1, 0.15) is 11.9 Å². The van der Waals surface area contributed by atoms with E-state index in [0.717, 1.165) is 27.9 Å². The van der Waals surface area contributed by atoms with Gasteiger partial charge in [0.25, 0.3) is 0 Å². The molecule has 0 saturated heterocycles. The summed E-state index contributed by atoms with van der Waals surface area (Å²) in [5.74, 6) is 0.307. The largest absolute Gasteiger partial charge is 0.361 e. The molecule has 1 atom stereocenters. The normalized spacial score (nSPS) is 12.2. The predicted molar refractivity (Wildman–Crippen MR) is 109 cm³/mol. The van der Waals surface area contributed by atoms with Crippen LogP contribution in [0, 0.1) is 0 Å². The lowest BCUT2D eigenvalue weighted by Gasteiger charge is -2.17. The van der Waals surface area contributed by atoms with Gasteiger partial charge in [0, 0.05) is 49.6 Å². The van der Waals surface area contributed by atoms with Crippen LogP contribution in [0.3, 0.4) is 0 Å². The first-order valence-electron chi connectivity index (χ1n) is 9.50. The summed E-state index contributed by atoms with van der Waals surface area (Å²) in [4.78, 5) is 27.6. The molecule has 0 saturated carbocycles. The number of amides is 2. The highest BCUT2D eigenvalue weighted by Crippen LogP contribution is 2.19. The van der Waals surface area contributed by atoms with Gasteiger partial charge in [-0.15, -0.1) is 10.2 Å². The molecule has 0 aliphatic rings. The Bertz CT molecular complexity index is 1160. The molecule has 29 heavy (non-hydrogen) atoms. The number of H-pyrrole nitrogens is 1. The molecule has 0 aliphatic carbocycles. The zero-order valence-corrected chi connectivity index (χ0v) is 16.1. The molecular formula is C21H22N6O2. The van der Waals surface area contributed by atoms with Crippen LogP contribution in [-0.4, -0.2) is 44.0 Å². The summed E-state index contributed by atoms with van der Waals surface area (Å²) >= 11 is 0. The summed E-state index contributed by atoms with van der Waals surface area (Å²) in [6.07, 6.45) is 4.72. The lowest BCUT2D eigenvalue weighted by Crippen LogP contribution is -2.47. The smallest absolute Gasteiger partial charge is 0.242 e. The number of carbonyl (C=O) groups is 2. The van der Waals surface area contributed by atoms with Crippen LogP contribution in [0.2, 0.25) is 0 Å². The van der Waals surface area contributed by atoms with Gasteiger partial charge in [-0.05, 0) is 23.8 Å². The first-order chi connectivity index (χ1) is 14.1. The second-order valence-electron chi connectivity index (χ2n) is 6.90. The molecule has 8 heteroatoms. The molecule has 0 aliphatic heterocycles. The van der Waals surface area contributed by atoms with Gasteiger partial charge in [-0.2, -0.15) is 0 Å². The van der Waals surface area contributed by atoms with Gasteiger partial charge in [0.2, 0.25) is 11.8 Å². The molecule has 1 unspecified atom stereocenters. The topological polar surface area (TPSA) is 104 Å². The highest BCUT2D eigenvalue weighted by atomic mass is 16.2. The van der Waals surface area contributed by atoms with Crippen LogP contribution >= 0.6 is 0 Å². The Hall–Kier alpha value is -3.68. The van der Waals surface area contributed by atoms with E-state index in [0.29, 0.717) is 19.4 Å². The van der Waals surface area contributed by atoms with E-state index in [2.05, 4.69) is 25.8 Å². The van der Waals surface area contributed by atoms with Crippen LogP contribution in [0.15, 0.2) is 54.9 Å². The summed E-state index contributed by atoms with van der Waals surface area (Å²) in [7, 11) is 0. The van der Waals surface area contributed by atoms with Crippen molar-refractivity contribution in [1.29, 1.82) is 0 Å². The number of aromatic amines is 1. The highest BCUT2D eigenvalue weighted by Gasteiger charge is 2.21. The quantitative estimate of drug-likeness (QED) is 0.446. The van der Waals surface area contributed by atoms with Crippen molar-refractivity contribution in [1.82, 2.24) is 30.2 Å². The molecular weight excluding hydrogens is 368 g/mol. The Morgan fingerprint density at radius 2 is 1.97 bits per heavy atom. The first kappa shape index (κ1) is 18.7. The van der Waals surface area contributed by atoms with Crippen LogP contribution in [0.1, 0.15) is 18.3 Å². The van der Waals surface area contributed by atoms with E-state index in [1.165, 1.54) is 6.92 Å². The number of carbonyl (C=O) groups excluding carboxylic acids is 2. The molecule has 0 bridgehead atoms. The molecule has 2 amide bonds. The van der Waals surface area contributed by atoms with E-state index in [4.69, 9.17) is 0 Å². The first-order valence-corrected chi connectivity index (χ1v) is 9.50. The third-order valence-electron chi connectivity index (χ3n) is 4.83. The number of benzene rings is 1. The molecule has 3 N–H and O–H groups in total. The van der Waals surface area contributed by atoms with Crippen LogP contribution in [0.25, 0.3) is 16.6 Å². The van der Waals surface area contributed by atoms with Gasteiger partial charge in [-0.3, -0.25) is 14.0 Å². The minimum absolute atomic E-state index is 0.223. The lowest BCUT2D eigenvalue weighted by atomic mass is 10.0. The fourth-order valence-corrected chi connectivity index (χ4v) is 3.46. The number of para-hydroxylation sites is 1. The summed E-state index contributed by atoms with van der Waals surface area (Å²) in [6.45, 7) is 1.82. The van der Waals surface area contributed by atoms with Crippen LogP contribution < -0.4 is 10.6 Å². The minimum atomic E-state index is -0.651. The molecule has 3 heterocycles. The summed E-state index contributed by atoms with van der Waals surface area (Å²) in [6, 6.07) is 12.9. The maximum absolute atomic E-state index is 12.8. The number of hydrogen-bond acceptors (Lipinski definition) is 4. The standard InChI is InChI=1S/C21H22N6O2/c1-14(28)24-18(12-15-13-23-17-7-3-2-6-16(15)17)21(29)22-10-9-20-26-25-19-8-4-5-11-27(19)20/h2-8,11,13,18,23H,9-10,12H2,1H3,(H,22,29)(H,24,28). The van der Waals surface area contributed by atoms with E-state index in [9.17, 15) is 9.59 Å². The molecule has 8 nitrogen and oxygen atoms in total. The van der Waals surface area contributed by atoms with Gasteiger partial charge in [0.05, 0.1) is 0 Å². The van der Waals surface area contributed by atoms with E-state index in [-0.39, 0.29) is 11.8 Å². The second-order valence-corrected chi connectivity index (χ2v) is 6.90. The highest BCUT2D eigenvalue weighted by molar-refractivity contribution is 5.89. The van der Waals surface area contributed by atoms with Crippen molar-refractivity contribution >= 4 is 28.4 Å². The van der Waals surface area contributed by atoms with Crippen molar-refractivity contribution in [3.8, 4) is 0 Å². The lowest BCUT2D eigenvalue weighted by molar-refractivity contribution is -0.128. The maximum atomic E-state index is 12.8. The van der Waals surface area contributed by atoms with E-state index < -0.39 is 6.04 Å². The maximum Gasteiger partial charge on any atom is 0.242 e. The van der Waals surface area contributed by atoms with Crippen molar-refractivity contribution in [3.05, 3.63) is 66.2 Å². The van der Waals surface area contributed by atoms with Gasteiger partial charge >= 0.3 is 0 Å². The number of pyridine rings is 1. The van der Waals surface area contributed by atoms with Crippen molar-refractivity contribution in [3.63, 3.8) is 0 Å². The number of hydrogen-bond donors (Lipinski definition) is 3. The van der Waals surface area contributed by atoms with E-state index in [1.807, 2.05) is 59.3 Å². The van der Waals surface area contributed by atoms with Gasteiger partial charge < -0.3 is 15.6 Å². The van der Waals surface area contributed by atoms with Gasteiger partial charge in [-0.1, -0.05) is 24.3 Å². The van der Waals surface area contributed by atoms with Gasteiger partial charge in [0.15, 0.2) is 5.65 Å². The summed E-state index contributed by atoms with van der Waals surface area (Å²) < 4.78 is 1.89. The van der Waals surface area contributed by atoms with Crippen molar-refractivity contribution < 1.29 is 9.59 Å². The van der Waals surface area contributed by atoms with Gasteiger partial charge in [-0.25, -0.2) is 0 Å². The Morgan fingerprint density at radius 3 is 2.83 bits per heavy atom. The average molecular weight is 390 g/mol. The Balaban J connectivity index is 1.42. The second kappa shape index (κ2) is 8.14. The molecule has 0 spiro atoms. The van der Waals surface area contributed by atoms with Crippen LogP contribution in [-0.2, 0) is 22.4 Å².